The number of nitrogens with zero attached hydrogens (tertiary/aromatic N) is 2. The Labute approximate surface area is 173 Å². The zero-order chi connectivity index (χ0) is 21.0. The first-order valence-corrected chi connectivity index (χ1v) is 10.0. The minimum Gasteiger partial charge on any atom is -0.352 e. The second-order valence-corrected chi connectivity index (χ2v) is 7.59. The number of halogens is 1. The fraction of sp³-hybridized carbons (Fsp3) is 0.318. The predicted octanol–water partition coefficient (Wildman–Crippen LogP) is 3.17. The zero-order valence-corrected chi connectivity index (χ0v) is 17.3. The van der Waals surface area contributed by atoms with Gasteiger partial charge in [-0.2, -0.15) is 0 Å². The van der Waals surface area contributed by atoms with Crippen molar-refractivity contribution in [3.8, 4) is 0 Å². The largest absolute Gasteiger partial charge is 0.352 e. The first-order chi connectivity index (χ1) is 13.9. The van der Waals surface area contributed by atoms with Crippen LogP contribution in [-0.2, 0) is 17.9 Å². The molecule has 0 bridgehead atoms. The molecule has 0 fully saturated rings. The average molecular weight is 414 g/mol. The number of nitrogens with one attached hydrogen (secondary N) is 1. The van der Waals surface area contributed by atoms with Crippen molar-refractivity contribution in [2.45, 2.75) is 45.8 Å². The zero-order valence-electron chi connectivity index (χ0n) is 16.5. The van der Waals surface area contributed by atoms with E-state index in [2.05, 4.69) is 5.32 Å². The molecule has 7 heteroatoms. The quantitative estimate of drug-likeness (QED) is 0.604. The summed E-state index contributed by atoms with van der Waals surface area (Å²) in [4.78, 5) is 38.2. The summed E-state index contributed by atoms with van der Waals surface area (Å²) >= 11 is 6.15. The summed E-state index contributed by atoms with van der Waals surface area (Å²) in [5.74, 6) is -0.311. The van der Waals surface area contributed by atoms with E-state index in [0.29, 0.717) is 16.1 Å². The van der Waals surface area contributed by atoms with E-state index in [4.69, 9.17) is 11.6 Å². The van der Waals surface area contributed by atoms with E-state index in [1.54, 1.807) is 18.2 Å². The lowest BCUT2D eigenvalue weighted by molar-refractivity contribution is -0.122. The molecule has 2 aromatic carbocycles. The summed E-state index contributed by atoms with van der Waals surface area (Å²) in [5, 5.41) is 3.30. The Hall–Kier alpha value is -2.86. The number of hydrogen-bond donors (Lipinski definition) is 1. The summed E-state index contributed by atoms with van der Waals surface area (Å²) in [6.07, 6.45) is 1.78. The van der Waals surface area contributed by atoms with Crippen LogP contribution in [0, 0.1) is 0 Å². The maximum Gasteiger partial charge on any atom is 0.317 e. The van der Waals surface area contributed by atoms with Gasteiger partial charge in [0.2, 0.25) is 5.91 Å². The Morgan fingerprint density at radius 2 is 1.72 bits per heavy atom. The van der Waals surface area contributed by atoms with Gasteiger partial charge in [0.1, 0.15) is 6.54 Å². The topological polar surface area (TPSA) is 73.1 Å². The van der Waals surface area contributed by atoms with Gasteiger partial charge >= 0.3 is 11.1 Å². The van der Waals surface area contributed by atoms with Crippen LogP contribution >= 0.6 is 11.6 Å². The van der Waals surface area contributed by atoms with Crippen LogP contribution in [-0.4, -0.2) is 21.1 Å². The molecule has 1 unspecified atom stereocenters. The van der Waals surface area contributed by atoms with E-state index in [-0.39, 0.29) is 25.0 Å². The van der Waals surface area contributed by atoms with Crippen molar-refractivity contribution < 1.29 is 4.79 Å². The molecular formula is C22H24ClN3O3. The number of aromatic nitrogens is 2. The molecular weight excluding hydrogens is 390 g/mol. The maximum atomic E-state index is 12.9. The van der Waals surface area contributed by atoms with Gasteiger partial charge in [-0.1, -0.05) is 55.3 Å². The molecule has 0 aliphatic heterocycles. The molecule has 1 aromatic heterocycles. The Morgan fingerprint density at radius 3 is 2.41 bits per heavy atom. The highest BCUT2D eigenvalue weighted by molar-refractivity contribution is 6.31. The van der Waals surface area contributed by atoms with Gasteiger partial charge < -0.3 is 5.32 Å². The van der Waals surface area contributed by atoms with E-state index in [9.17, 15) is 14.4 Å². The SMILES string of the molecule is CCCC(C)NC(=O)Cn1c(=O)c(=O)n(Cc2ccccc2)c2ccc(Cl)cc21. The smallest absolute Gasteiger partial charge is 0.317 e. The minimum atomic E-state index is -0.742. The molecule has 0 spiro atoms. The predicted molar refractivity (Wildman–Crippen MR) is 116 cm³/mol. The fourth-order valence-corrected chi connectivity index (χ4v) is 3.61. The molecule has 1 heterocycles. The number of amides is 1. The summed E-state index contributed by atoms with van der Waals surface area (Å²) in [6, 6.07) is 14.4. The Balaban J connectivity index is 2.08. The van der Waals surface area contributed by atoms with Crippen LogP contribution in [0.1, 0.15) is 32.3 Å². The van der Waals surface area contributed by atoms with E-state index >= 15 is 0 Å². The molecule has 1 amide bonds. The molecule has 0 aliphatic rings. The van der Waals surface area contributed by atoms with Crippen LogP contribution in [0.4, 0.5) is 0 Å². The van der Waals surface area contributed by atoms with Crippen LogP contribution < -0.4 is 16.4 Å². The number of benzene rings is 2. The molecule has 0 aliphatic carbocycles. The molecule has 0 saturated heterocycles. The number of carbonyl (C=O) groups is 1. The summed E-state index contributed by atoms with van der Waals surface area (Å²) < 4.78 is 2.64. The lowest BCUT2D eigenvalue weighted by atomic mass is 10.2. The van der Waals surface area contributed by atoms with Crippen LogP contribution in [0.25, 0.3) is 11.0 Å². The molecule has 0 radical (unpaired) electrons. The highest BCUT2D eigenvalue weighted by Gasteiger charge is 2.17. The Bertz CT molecular complexity index is 1140. The molecule has 0 saturated carbocycles. The van der Waals surface area contributed by atoms with Gasteiger partial charge in [0.25, 0.3) is 0 Å². The van der Waals surface area contributed by atoms with Gasteiger partial charge in [0.15, 0.2) is 0 Å². The Morgan fingerprint density at radius 1 is 1.03 bits per heavy atom. The lowest BCUT2D eigenvalue weighted by Gasteiger charge is -2.17. The first-order valence-electron chi connectivity index (χ1n) is 9.67. The summed E-state index contributed by atoms with van der Waals surface area (Å²) in [7, 11) is 0. The minimum absolute atomic E-state index is 0.00324. The van der Waals surface area contributed by atoms with Crippen molar-refractivity contribution >= 4 is 28.5 Å². The van der Waals surface area contributed by atoms with E-state index in [1.165, 1.54) is 9.13 Å². The number of rotatable bonds is 7. The third-order valence-electron chi connectivity index (χ3n) is 4.81. The van der Waals surface area contributed by atoms with Crippen molar-refractivity contribution in [2.75, 3.05) is 0 Å². The number of fused-ring (bicyclic) bond motifs is 1. The van der Waals surface area contributed by atoms with Crippen molar-refractivity contribution in [3.63, 3.8) is 0 Å². The van der Waals surface area contributed by atoms with E-state index < -0.39 is 11.1 Å². The van der Waals surface area contributed by atoms with Crippen LogP contribution in [0.5, 0.6) is 0 Å². The van der Waals surface area contributed by atoms with Crippen molar-refractivity contribution in [1.82, 2.24) is 14.5 Å². The van der Waals surface area contributed by atoms with Gasteiger partial charge in [-0.05, 0) is 37.1 Å². The first kappa shape index (κ1) is 20.9. The molecule has 3 aromatic rings. The Kier molecular flexibility index (Phi) is 6.54. The molecule has 29 heavy (non-hydrogen) atoms. The van der Waals surface area contributed by atoms with Gasteiger partial charge in [0, 0.05) is 11.1 Å². The van der Waals surface area contributed by atoms with Crippen LogP contribution in [0.2, 0.25) is 5.02 Å². The third kappa shape index (κ3) is 4.77. The number of carbonyl (C=O) groups excluding carboxylic acids is 1. The van der Waals surface area contributed by atoms with Crippen molar-refractivity contribution in [1.29, 1.82) is 0 Å². The second-order valence-electron chi connectivity index (χ2n) is 7.16. The molecule has 3 rings (SSSR count). The maximum absolute atomic E-state index is 12.9. The lowest BCUT2D eigenvalue weighted by Crippen LogP contribution is -2.45. The van der Waals surface area contributed by atoms with E-state index in [1.807, 2.05) is 44.2 Å². The standard InChI is InChI=1S/C22H24ClN3O3/c1-3-7-15(2)24-20(27)14-26-19-12-17(23)10-11-18(19)25(21(28)22(26)29)13-16-8-5-4-6-9-16/h4-6,8-12,15H,3,7,13-14H2,1-2H3,(H,24,27). The van der Waals surface area contributed by atoms with Crippen LogP contribution in [0.3, 0.4) is 0 Å². The fourth-order valence-electron chi connectivity index (χ4n) is 3.44. The second kappa shape index (κ2) is 9.09. The van der Waals surface area contributed by atoms with Gasteiger partial charge in [-0.15, -0.1) is 0 Å². The highest BCUT2D eigenvalue weighted by Crippen LogP contribution is 2.18. The molecule has 6 nitrogen and oxygen atoms in total. The van der Waals surface area contributed by atoms with Gasteiger partial charge in [-0.25, -0.2) is 0 Å². The van der Waals surface area contributed by atoms with Crippen molar-refractivity contribution in [3.05, 3.63) is 79.8 Å². The van der Waals surface area contributed by atoms with Gasteiger partial charge in [0.05, 0.1) is 17.6 Å². The summed E-state index contributed by atoms with van der Waals surface area (Å²) in [6.45, 7) is 3.98. The number of hydrogen-bond acceptors (Lipinski definition) is 3. The monoisotopic (exact) mass is 413 g/mol. The van der Waals surface area contributed by atoms with Crippen molar-refractivity contribution in [2.24, 2.45) is 0 Å². The normalized spacial score (nSPS) is 12.1. The van der Waals surface area contributed by atoms with Gasteiger partial charge in [-0.3, -0.25) is 23.5 Å². The highest BCUT2D eigenvalue weighted by atomic mass is 35.5. The average Bonchev–Trinajstić information content (AvgIpc) is 2.69. The summed E-state index contributed by atoms with van der Waals surface area (Å²) in [5.41, 5.74) is 0.495. The third-order valence-corrected chi connectivity index (χ3v) is 5.04. The van der Waals surface area contributed by atoms with E-state index in [0.717, 1.165) is 18.4 Å². The molecule has 1 N–H and O–H groups in total. The molecule has 1 atom stereocenters. The van der Waals surface area contributed by atoms with Crippen LogP contribution in [0.15, 0.2) is 58.1 Å². The molecule has 152 valence electrons.